The number of fused-ring (bicyclic) bond motifs is 4. The second-order valence-corrected chi connectivity index (χ2v) is 14.6. The summed E-state index contributed by atoms with van der Waals surface area (Å²) in [6.45, 7) is 14.0. The standard InChI is InChI=1S/C33H44N6O2S/c1-22-27-17-23-8-9-24(18-28(23)39(27)33(20-35-22)12-6-13-33)30(41)37-31-36-26(19-42-31)29(40)7-5-14-34-25-10-15-38(16-11-25)21-32(2,3)4/h8-9,17-19,25,34H,5-7,10-16,20-21H2,1-4H3,(H,36,37,41). The summed E-state index contributed by atoms with van der Waals surface area (Å²) in [7, 11) is 0. The zero-order valence-corrected chi connectivity index (χ0v) is 26.3. The minimum atomic E-state index is -0.206. The molecular weight excluding hydrogens is 544 g/mol. The summed E-state index contributed by atoms with van der Waals surface area (Å²) in [5, 5.41) is 9.91. The number of benzene rings is 1. The first-order valence-electron chi connectivity index (χ1n) is 15.5. The third-order valence-electron chi connectivity index (χ3n) is 9.12. The number of hydrogen-bond donors (Lipinski definition) is 2. The average molecular weight is 589 g/mol. The van der Waals surface area contributed by atoms with Crippen LogP contribution in [0.2, 0.25) is 0 Å². The molecule has 1 spiro atoms. The molecule has 0 radical (unpaired) electrons. The molecule has 1 aliphatic carbocycles. The SMILES string of the molecule is CC1=NCC2(CCC2)n2c1cc1ccc(C(=O)Nc3nc(C(=O)CCCNC4CCN(CC(C)(C)C)CC4)cs3)cc12. The van der Waals surface area contributed by atoms with Crippen LogP contribution in [0.25, 0.3) is 10.9 Å². The molecule has 2 fully saturated rings. The van der Waals surface area contributed by atoms with Gasteiger partial charge >= 0.3 is 0 Å². The predicted octanol–water partition coefficient (Wildman–Crippen LogP) is 6.11. The van der Waals surface area contributed by atoms with E-state index < -0.39 is 0 Å². The van der Waals surface area contributed by atoms with Crippen molar-refractivity contribution in [3.63, 3.8) is 0 Å². The first-order valence-corrected chi connectivity index (χ1v) is 16.4. The van der Waals surface area contributed by atoms with Crippen LogP contribution in [0.3, 0.4) is 0 Å². The summed E-state index contributed by atoms with van der Waals surface area (Å²) < 4.78 is 2.43. The first-order chi connectivity index (χ1) is 20.1. The molecule has 1 saturated carbocycles. The molecule has 0 bridgehead atoms. The summed E-state index contributed by atoms with van der Waals surface area (Å²) in [4.78, 5) is 37.8. The van der Waals surface area contributed by atoms with Gasteiger partial charge in [-0.3, -0.25) is 19.9 Å². The zero-order valence-electron chi connectivity index (χ0n) is 25.5. The number of piperidine rings is 1. The number of carbonyl (C=O) groups excluding carboxylic acids is 2. The Bertz CT molecular complexity index is 1500. The molecule has 2 aliphatic heterocycles. The number of aliphatic imine (C=N–C) groups is 1. The van der Waals surface area contributed by atoms with Crippen LogP contribution >= 0.6 is 11.3 Å². The smallest absolute Gasteiger partial charge is 0.257 e. The lowest BCUT2D eigenvalue weighted by molar-refractivity contribution is 0.0972. The predicted molar refractivity (Wildman–Crippen MR) is 171 cm³/mol. The number of nitrogens with zero attached hydrogens (tertiary/aromatic N) is 4. The Morgan fingerprint density at radius 1 is 1.14 bits per heavy atom. The van der Waals surface area contributed by atoms with Gasteiger partial charge in [-0.15, -0.1) is 11.3 Å². The van der Waals surface area contributed by atoms with E-state index in [1.54, 1.807) is 5.38 Å². The largest absolute Gasteiger partial charge is 0.331 e. The molecule has 1 amide bonds. The number of thiazole rings is 1. The summed E-state index contributed by atoms with van der Waals surface area (Å²) in [5.41, 5.74) is 4.72. The fourth-order valence-electron chi connectivity index (χ4n) is 6.78. The van der Waals surface area contributed by atoms with Gasteiger partial charge < -0.3 is 14.8 Å². The van der Waals surface area contributed by atoms with Gasteiger partial charge in [-0.1, -0.05) is 26.8 Å². The van der Waals surface area contributed by atoms with E-state index in [4.69, 9.17) is 4.99 Å². The lowest BCUT2D eigenvalue weighted by Crippen LogP contribution is -2.47. The van der Waals surface area contributed by atoms with E-state index >= 15 is 0 Å². The van der Waals surface area contributed by atoms with Crippen LogP contribution in [-0.2, 0) is 5.54 Å². The molecule has 1 saturated heterocycles. The molecule has 3 aliphatic rings. The molecule has 42 heavy (non-hydrogen) atoms. The highest BCUT2D eigenvalue weighted by molar-refractivity contribution is 7.14. The number of ketones is 1. The average Bonchev–Trinajstić information content (AvgIpc) is 3.56. The lowest BCUT2D eigenvalue weighted by atomic mass is 9.75. The molecule has 8 nitrogen and oxygen atoms in total. The number of aromatic nitrogens is 2. The fraction of sp³-hybridized carbons (Fsp3) is 0.576. The number of nitrogens with one attached hydrogen (secondary N) is 2. The number of likely N-dealkylation sites (tertiary alicyclic amines) is 1. The van der Waals surface area contributed by atoms with Crippen LogP contribution in [0.1, 0.15) is 99.2 Å². The van der Waals surface area contributed by atoms with E-state index in [0.717, 1.165) is 87.1 Å². The number of rotatable bonds is 9. The second-order valence-electron chi connectivity index (χ2n) is 13.7. The molecule has 2 N–H and O–H groups in total. The molecule has 1 aromatic carbocycles. The van der Waals surface area contributed by atoms with Crippen molar-refractivity contribution in [1.82, 2.24) is 19.8 Å². The number of amides is 1. The van der Waals surface area contributed by atoms with Gasteiger partial charge in [0.05, 0.1) is 23.5 Å². The van der Waals surface area contributed by atoms with Gasteiger partial charge in [-0.2, -0.15) is 0 Å². The summed E-state index contributed by atoms with van der Waals surface area (Å²) in [5.74, 6) is -0.181. The van der Waals surface area contributed by atoms with Gasteiger partial charge in [0.2, 0.25) is 0 Å². The van der Waals surface area contributed by atoms with Crippen LogP contribution < -0.4 is 10.6 Å². The maximum absolute atomic E-state index is 13.2. The molecule has 4 heterocycles. The molecule has 6 rings (SSSR count). The van der Waals surface area contributed by atoms with Crippen molar-refractivity contribution in [1.29, 1.82) is 0 Å². The molecule has 0 atom stereocenters. The highest BCUT2D eigenvalue weighted by atomic mass is 32.1. The van der Waals surface area contributed by atoms with Crippen LogP contribution in [-0.4, -0.2) is 70.6 Å². The van der Waals surface area contributed by atoms with Crippen LogP contribution in [0.5, 0.6) is 0 Å². The van der Waals surface area contributed by atoms with Crippen molar-refractivity contribution in [2.45, 2.75) is 84.2 Å². The number of Topliss-reactive ketones (excluding diaryl/α,β-unsaturated/α-hetero) is 1. The van der Waals surface area contributed by atoms with Crippen LogP contribution in [0.4, 0.5) is 5.13 Å². The lowest BCUT2D eigenvalue weighted by Gasteiger charge is -2.46. The molecule has 3 aromatic rings. The molecule has 0 unspecified atom stereocenters. The number of anilines is 1. The molecule has 224 valence electrons. The Hall–Kier alpha value is -2.88. The highest BCUT2D eigenvalue weighted by Crippen LogP contribution is 2.45. The van der Waals surface area contributed by atoms with Gasteiger partial charge in [0, 0.05) is 40.9 Å². The van der Waals surface area contributed by atoms with E-state index in [0.29, 0.717) is 34.3 Å². The van der Waals surface area contributed by atoms with Gasteiger partial charge in [-0.05, 0) is 88.7 Å². The van der Waals surface area contributed by atoms with E-state index in [1.165, 1.54) is 17.8 Å². The minimum Gasteiger partial charge on any atom is -0.331 e. The van der Waals surface area contributed by atoms with E-state index in [1.807, 2.05) is 18.2 Å². The van der Waals surface area contributed by atoms with Crippen molar-refractivity contribution in [2.75, 3.05) is 38.0 Å². The Morgan fingerprint density at radius 2 is 1.93 bits per heavy atom. The summed E-state index contributed by atoms with van der Waals surface area (Å²) in [6, 6.07) is 8.61. The quantitative estimate of drug-likeness (QED) is 0.232. The van der Waals surface area contributed by atoms with Crippen molar-refractivity contribution in [3.05, 3.63) is 46.6 Å². The number of hydrogen-bond acceptors (Lipinski definition) is 7. The Morgan fingerprint density at radius 3 is 2.64 bits per heavy atom. The summed E-state index contributed by atoms with van der Waals surface area (Å²) in [6.07, 6.45) is 7.02. The highest BCUT2D eigenvalue weighted by Gasteiger charge is 2.43. The van der Waals surface area contributed by atoms with Crippen molar-refractivity contribution < 1.29 is 9.59 Å². The minimum absolute atomic E-state index is 0.0256. The monoisotopic (exact) mass is 588 g/mol. The Kier molecular flexibility index (Phi) is 8.11. The van der Waals surface area contributed by atoms with E-state index in [2.05, 4.69) is 58.8 Å². The Labute approximate surface area is 253 Å². The maximum Gasteiger partial charge on any atom is 0.257 e. The van der Waals surface area contributed by atoms with Crippen molar-refractivity contribution >= 4 is 44.8 Å². The zero-order chi connectivity index (χ0) is 29.5. The van der Waals surface area contributed by atoms with Crippen molar-refractivity contribution in [3.8, 4) is 0 Å². The van der Waals surface area contributed by atoms with Crippen molar-refractivity contribution in [2.24, 2.45) is 10.4 Å². The summed E-state index contributed by atoms with van der Waals surface area (Å²) >= 11 is 1.30. The van der Waals surface area contributed by atoms with E-state index in [-0.39, 0.29) is 17.2 Å². The van der Waals surface area contributed by atoms with Gasteiger partial charge in [0.25, 0.3) is 5.91 Å². The molecular formula is C33H44N6O2S. The third-order valence-corrected chi connectivity index (χ3v) is 9.87. The van der Waals surface area contributed by atoms with Crippen LogP contribution in [0, 0.1) is 5.41 Å². The normalized spacial score (nSPS) is 19.0. The molecule has 9 heteroatoms. The topological polar surface area (TPSA) is 91.6 Å². The first kappa shape index (κ1) is 29.2. The van der Waals surface area contributed by atoms with Crippen LogP contribution in [0.15, 0.2) is 34.6 Å². The second kappa shape index (κ2) is 11.7. The Balaban J connectivity index is 1.00. The maximum atomic E-state index is 13.2. The van der Waals surface area contributed by atoms with Gasteiger partial charge in [0.15, 0.2) is 10.9 Å². The number of carbonyl (C=O) groups is 2. The fourth-order valence-corrected chi connectivity index (χ4v) is 7.49. The molecule has 2 aromatic heterocycles. The third kappa shape index (κ3) is 6.10. The van der Waals surface area contributed by atoms with Gasteiger partial charge in [-0.25, -0.2) is 4.98 Å². The van der Waals surface area contributed by atoms with E-state index in [9.17, 15) is 9.59 Å². The van der Waals surface area contributed by atoms with Gasteiger partial charge in [0.1, 0.15) is 5.69 Å².